The van der Waals surface area contributed by atoms with Crippen molar-refractivity contribution in [2.75, 3.05) is 6.54 Å². The number of rotatable bonds is 2. The molecule has 1 saturated heterocycles. The van der Waals surface area contributed by atoms with Gasteiger partial charge in [0.1, 0.15) is 12.1 Å². The van der Waals surface area contributed by atoms with E-state index in [9.17, 15) is 9.59 Å². The highest BCUT2D eigenvalue weighted by Gasteiger charge is 2.45. The van der Waals surface area contributed by atoms with Crippen LogP contribution in [-0.2, 0) is 9.59 Å². The molecule has 1 aliphatic heterocycles. The molecule has 2 atom stereocenters. The van der Waals surface area contributed by atoms with Gasteiger partial charge in [-0.25, -0.2) is 0 Å². The Bertz CT molecular complexity index is 424. The van der Waals surface area contributed by atoms with Gasteiger partial charge >= 0.3 is 0 Å². The highest BCUT2D eigenvalue weighted by atomic mass is 16.2. The monoisotopic (exact) mass is 264 g/mol. The van der Waals surface area contributed by atoms with E-state index in [4.69, 9.17) is 0 Å². The molecule has 0 aromatic carbocycles. The molecule has 0 aliphatic carbocycles. The van der Waals surface area contributed by atoms with Gasteiger partial charge in [-0.2, -0.15) is 0 Å². The second-order valence-corrected chi connectivity index (χ2v) is 6.39. The summed E-state index contributed by atoms with van der Waals surface area (Å²) in [6.07, 6.45) is 0. The smallest absolute Gasteiger partial charge is 0.247 e. The Labute approximate surface area is 115 Å². The second-order valence-electron chi connectivity index (χ2n) is 6.39. The zero-order valence-electron chi connectivity index (χ0n) is 12.7. The zero-order valence-corrected chi connectivity index (χ0v) is 12.7. The van der Waals surface area contributed by atoms with E-state index in [2.05, 4.69) is 17.2 Å². The lowest BCUT2D eigenvalue weighted by Gasteiger charge is -2.44. The number of carbonyl (C=O) groups is 2. The van der Waals surface area contributed by atoms with E-state index in [1.165, 1.54) is 0 Å². The Morgan fingerprint density at radius 2 is 1.89 bits per heavy atom. The van der Waals surface area contributed by atoms with Crippen LogP contribution in [0.25, 0.3) is 0 Å². The quantitative estimate of drug-likeness (QED) is 0.767. The van der Waals surface area contributed by atoms with Gasteiger partial charge in [-0.05, 0) is 18.3 Å². The number of nitrogens with zero attached hydrogens (tertiary/aromatic N) is 1. The minimum atomic E-state index is -0.478. The van der Waals surface area contributed by atoms with Crippen LogP contribution in [0, 0.1) is 23.2 Å². The van der Waals surface area contributed by atoms with E-state index < -0.39 is 12.1 Å². The lowest BCUT2D eigenvalue weighted by atomic mass is 9.83. The molecule has 4 heteroatoms. The van der Waals surface area contributed by atoms with Gasteiger partial charge in [0.05, 0.1) is 6.54 Å². The Hall–Kier alpha value is -1.50. The first-order chi connectivity index (χ1) is 8.70. The van der Waals surface area contributed by atoms with Crippen molar-refractivity contribution in [3.63, 3.8) is 0 Å². The average Bonchev–Trinajstić information content (AvgIpc) is 2.27. The topological polar surface area (TPSA) is 49.4 Å². The van der Waals surface area contributed by atoms with Crippen LogP contribution in [0.1, 0.15) is 41.5 Å². The fraction of sp³-hybridized carbons (Fsp3) is 0.733. The van der Waals surface area contributed by atoms with Gasteiger partial charge in [-0.1, -0.05) is 40.5 Å². The molecule has 0 bridgehead atoms. The molecule has 0 aromatic heterocycles. The second kappa shape index (κ2) is 5.64. The molecule has 1 rings (SSSR count). The molecule has 1 heterocycles. The third-order valence-electron chi connectivity index (χ3n) is 3.34. The fourth-order valence-electron chi connectivity index (χ4n) is 2.32. The van der Waals surface area contributed by atoms with Crippen LogP contribution in [0.5, 0.6) is 0 Å². The zero-order chi connectivity index (χ0) is 14.8. The van der Waals surface area contributed by atoms with Crippen molar-refractivity contribution < 1.29 is 9.59 Å². The normalized spacial score (nSPS) is 24.1. The summed E-state index contributed by atoms with van der Waals surface area (Å²) in [7, 11) is 0. The maximum Gasteiger partial charge on any atom is 0.247 e. The van der Waals surface area contributed by atoms with E-state index in [1.807, 2.05) is 34.6 Å². The van der Waals surface area contributed by atoms with Crippen LogP contribution in [0.2, 0.25) is 0 Å². The minimum absolute atomic E-state index is 0.0337. The maximum absolute atomic E-state index is 12.6. The molecule has 2 amide bonds. The third-order valence-corrected chi connectivity index (χ3v) is 3.34. The Morgan fingerprint density at radius 3 is 2.32 bits per heavy atom. The summed E-state index contributed by atoms with van der Waals surface area (Å²) < 4.78 is 0. The van der Waals surface area contributed by atoms with Crippen molar-refractivity contribution in [3.8, 4) is 11.8 Å². The standard InChI is InChI=1S/C15H24N2O2/c1-7-8-9-17-11(10(2)3)13(18)16-12(14(17)19)15(4,5)6/h10-12H,9H2,1-6H3,(H,16,18). The van der Waals surface area contributed by atoms with Crippen LogP contribution in [0.3, 0.4) is 0 Å². The predicted octanol–water partition coefficient (Wildman–Crippen LogP) is 1.41. The summed E-state index contributed by atoms with van der Waals surface area (Å²) in [6, 6.07) is -0.902. The van der Waals surface area contributed by atoms with Gasteiger partial charge in [-0.15, -0.1) is 5.92 Å². The number of carbonyl (C=O) groups excluding carboxylic acids is 2. The molecule has 106 valence electrons. The number of hydrogen-bond donors (Lipinski definition) is 1. The number of amides is 2. The molecule has 0 spiro atoms. The highest BCUT2D eigenvalue weighted by Crippen LogP contribution is 2.27. The Balaban J connectivity index is 3.10. The fourth-order valence-corrected chi connectivity index (χ4v) is 2.32. The Kier molecular flexibility index (Phi) is 4.62. The van der Waals surface area contributed by atoms with Gasteiger partial charge in [0.15, 0.2) is 0 Å². The molecule has 0 saturated carbocycles. The summed E-state index contributed by atoms with van der Waals surface area (Å²) in [4.78, 5) is 26.5. The van der Waals surface area contributed by atoms with Gasteiger partial charge in [0.2, 0.25) is 11.8 Å². The summed E-state index contributed by atoms with van der Waals surface area (Å²) in [6.45, 7) is 11.8. The van der Waals surface area contributed by atoms with E-state index in [-0.39, 0.29) is 23.1 Å². The van der Waals surface area contributed by atoms with Crippen LogP contribution in [0.15, 0.2) is 0 Å². The first kappa shape index (κ1) is 15.6. The van der Waals surface area contributed by atoms with Gasteiger partial charge < -0.3 is 10.2 Å². The predicted molar refractivity (Wildman–Crippen MR) is 75.2 cm³/mol. The largest absolute Gasteiger partial charge is 0.342 e. The average molecular weight is 264 g/mol. The summed E-state index contributed by atoms with van der Waals surface area (Å²) in [5, 5.41) is 2.87. The summed E-state index contributed by atoms with van der Waals surface area (Å²) in [5.41, 5.74) is -0.299. The molecule has 0 radical (unpaired) electrons. The van der Waals surface area contributed by atoms with Crippen molar-refractivity contribution in [3.05, 3.63) is 0 Å². The van der Waals surface area contributed by atoms with Crippen molar-refractivity contribution in [2.45, 2.75) is 53.6 Å². The van der Waals surface area contributed by atoms with E-state index >= 15 is 0 Å². The lowest BCUT2D eigenvalue weighted by Crippen LogP contribution is -2.67. The molecular weight excluding hydrogens is 240 g/mol. The summed E-state index contributed by atoms with van der Waals surface area (Å²) in [5.74, 6) is 5.65. The van der Waals surface area contributed by atoms with Gasteiger partial charge in [-0.3, -0.25) is 9.59 Å². The van der Waals surface area contributed by atoms with E-state index in [0.29, 0.717) is 6.54 Å². The molecule has 0 aromatic rings. The van der Waals surface area contributed by atoms with Crippen LogP contribution >= 0.6 is 0 Å². The molecule has 2 unspecified atom stereocenters. The molecule has 4 nitrogen and oxygen atoms in total. The van der Waals surface area contributed by atoms with Crippen molar-refractivity contribution in [1.82, 2.24) is 10.2 Å². The molecule has 1 N–H and O–H groups in total. The van der Waals surface area contributed by atoms with E-state index in [0.717, 1.165) is 0 Å². The molecule has 19 heavy (non-hydrogen) atoms. The molecule has 1 aliphatic rings. The van der Waals surface area contributed by atoms with Crippen molar-refractivity contribution in [1.29, 1.82) is 0 Å². The first-order valence-corrected chi connectivity index (χ1v) is 6.70. The number of nitrogens with one attached hydrogen (secondary N) is 1. The van der Waals surface area contributed by atoms with Gasteiger partial charge in [0.25, 0.3) is 0 Å². The highest BCUT2D eigenvalue weighted by molar-refractivity contribution is 5.97. The minimum Gasteiger partial charge on any atom is -0.342 e. The maximum atomic E-state index is 12.6. The molecule has 1 fully saturated rings. The molecular formula is C15H24N2O2. The van der Waals surface area contributed by atoms with Crippen molar-refractivity contribution in [2.24, 2.45) is 11.3 Å². The number of hydrogen-bond acceptors (Lipinski definition) is 2. The van der Waals surface area contributed by atoms with Gasteiger partial charge in [0, 0.05) is 0 Å². The first-order valence-electron chi connectivity index (χ1n) is 6.70. The number of piperazine rings is 1. The van der Waals surface area contributed by atoms with Crippen molar-refractivity contribution >= 4 is 11.8 Å². The third kappa shape index (κ3) is 3.28. The van der Waals surface area contributed by atoms with E-state index in [1.54, 1.807) is 11.8 Å². The van der Waals surface area contributed by atoms with Crippen LogP contribution in [-0.4, -0.2) is 35.3 Å². The summed E-state index contributed by atoms with van der Waals surface area (Å²) >= 11 is 0. The SMILES string of the molecule is CC#CCN1C(=O)C(C(C)(C)C)NC(=O)C1C(C)C. The van der Waals surface area contributed by atoms with Crippen LogP contribution in [0.4, 0.5) is 0 Å². The van der Waals surface area contributed by atoms with Crippen LogP contribution < -0.4 is 5.32 Å². The lowest BCUT2D eigenvalue weighted by molar-refractivity contribution is -0.153. The Morgan fingerprint density at radius 1 is 1.32 bits per heavy atom.